The summed E-state index contributed by atoms with van der Waals surface area (Å²) >= 11 is 0. The van der Waals surface area contributed by atoms with Crippen molar-refractivity contribution in [3.05, 3.63) is 0 Å². The van der Waals surface area contributed by atoms with E-state index in [1.165, 1.54) is 6.92 Å². The molecular formula is C6H9F3O5S. The monoisotopic (exact) mass is 250 g/mol. The molecule has 1 aliphatic heterocycles. The second-order valence-corrected chi connectivity index (χ2v) is 4.91. The van der Waals surface area contributed by atoms with E-state index in [4.69, 9.17) is 4.74 Å². The third kappa shape index (κ3) is 2.80. The largest absolute Gasteiger partial charge is 0.523 e. The molecule has 1 heterocycles. The Morgan fingerprint density at radius 3 is 2.40 bits per heavy atom. The lowest BCUT2D eigenvalue weighted by Crippen LogP contribution is -2.35. The summed E-state index contributed by atoms with van der Waals surface area (Å²) in [6, 6.07) is 0. The average molecular weight is 250 g/mol. The molecule has 90 valence electrons. The minimum Gasteiger partial charge on any atom is -0.388 e. The zero-order chi connectivity index (χ0) is 11.9. The fraction of sp³-hybridized carbons (Fsp3) is 1.00. The lowest BCUT2D eigenvalue weighted by molar-refractivity contribution is -0.0581. The molecule has 0 aromatic rings. The second-order valence-electron chi connectivity index (χ2n) is 3.30. The van der Waals surface area contributed by atoms with Crippen LogP contribution in [0.25, 0.3) is 0 Å². The fourth-order valence-electron chi connectivity index (χ4n) is 0.703. The lowest BCUT2D eigenvalue weighted by atomic mass is 10.1. The van der Waals surface area contributed by atoms with Crippen molar-refractivity contribution in [2.45, 2.75) is 24.1 Å². The van der Waals surface area contributed by atoms with E-state index < -0.39 is 33.9 Å². The summed E-state index contributed by atoms with van der Waals surface area (Å²) in [6.07, 6.45) is -1.41. The number of hydrogen-bond acceptors (Lipinski definition) is 5. The van der Waals surface area contributed by atoms with Crippen LogP contribution < -0.4 is 0 Å². The SMILES string of the molecule is CC1([C@H](O)COS(=O)(=O)C(F)(F)F)CO1. The minimum atomic E-state index is -5.64. The Bertz CT molecular complexity index is 331. The van der Waals surface area contributed by atoms with Crippen molar-refractivity contribution in [1.82, 2.24) is 0 Å². The van der Waals surface area contributed by atoms with Crippen LogP contribution in [0, 0.1) is 0 Å². The molecule has 0 aliphatic carbocycles. The van der Waals surface area contributed by atoms with Crippen molar-refractivity contribution in [3.63, 3.8) is 0 Å². The Kier molecular flexibility index (Phi) is 3.03. The minimum absolute atomic E-state index is 0.156. The number of ether oxygens (including phenoxy) is 1. The van der Waals surface area contributed by atoms with E-state index >= 15 is 0 Å². The summed E-state index contributed by atoms with van der Waals surface area (Å²) in [7, 11) is -5.64. The smallest absolute Gasteiger partial charge is 0.388 e. The van der Waals surface area contributed by atoms with Crippen LogP contribution in [0.15, 0.2) is 0 Å². The predicted octanol–water partition coefficient (Wildman–Crippen LogP) is 0.00240. The summed E-state index contributed by atoms with van der Waals surface area (Å²) in [4.78, 5) is 0. The second kappa shape index (κ2) is 3.58. The van der Waals surface area contributed by atoms with Crippen LogP contribution in [0.5, 0.6) is 0 Å². The molecule has 5 nitrogen and oxygen atoms in total. The van der Waals surface area contributed by atoms with Gasteiger partial charge in [-0.25, -0.2) is 0 Å². The summed E-state index contributed by atoms with van der Waals surface area (Å²) in [5, 5.41) is 9.20. The van der Waals surface area contributed by atoms with Gasteiger partial charge in [-0.1, -0.05) is 0 Å². The van der Waals surface area contributed by atoms with Crippen LogP contribution in [-0.2, 0) is 19.0 Å². The van der Waals surface area contributed by atoms with E-state index in [1.807, 2.05) is 0 Å². The molecule has 1 rings (SSSR count). The van der Waals surface area contributed by atoms with Crippen LogP contribution in [0.2, 0.25) is 0 Å². The van der Waals surface area contributed by atoms with Gasteiger partial charge in [0.05, 0.1) is 13.2 Å². The van der Waals surface area contributed by atoms with Crippen molar-refractivity contribution >= 4 is 10.1 Å². The zero-order valence-electron chi connectivity index (χ0n) is 7.61. The van der Waals surface area contributed by atoms with Gasteiger partial charge in [0.2, 0.25) is 0 Å². The molecule has 1 unspecified atom stereocenters. The van der Waals surface area contributed by atoms with Gasteiger partial charge in [0.25, 0.3) is 0 Å². The van der Waals surface area contributed by atoms with Crippen LogP contribution >= 0.6 is 0 Å². The van der Waals surface area contributed by atoms with Crippen LogP contribution in [0.1, 0.15) is 6.92 Å². The van der Waals surface area contributed by atoms with Crippen molar-refractivity contribution in [3.8, 4) is 0 Å². The molecule has 2 atom stereocenters. The van der Waals surface area contributed by atoms with Gasteiger partial charge in [0.15, 0.2) is 0 Å². The Morgan fingerprint density at radius 1 is 1.60 bits per heavy atom. The normalized spacial score (nSPS) is 28.9. The summed E-state index contributed by atoms with van der Waals surface area (Å²) < 4.78 is 64.5. The number of rotatable bonds is 4. The Labute approximate surface area is 83.9 Å². The summed E-state index contributed by atoms with van der Waals surface area (Å²) in [6.45, 7) is 0.614. The first-order valence-corrected chi connectivity index (χ1v) is 5.27. The van der Waals surface area contributed by atoms with Crippen LogP contribution in [0.3, 0.4) is 0 Å². The first-order chi connectivity index (χ1) is 6.58. The molecule has 0 saturated carbocycles. The maximum absolute atomic E-state index is 11.8. The molecule has 9 heteroatoms. The molecule has 0 amide bonds. The van der Waals surface area contributed by atoms with Gasteiger partial charge in [-0.3, -0.25) is 4.18 Å². The molecule has 0 bridgehead atoms. The molecule has 0 spiro atoms. The van der Waals surface area contributed by atoms with E-state index in [9.17, 15) is 26.7 Å². The number of aliphatic hydroxyl groups is 1. The zero-order valence-corrected chi connectivity index (χ0v) is 8.43. The van der Waals surface area contributed by atoms with Crippen LogP contribution in [0.4, 0.5) is 13.2 Å². The Morgan fingerprint density at radius 2 is 2.07 bits per heavy atom. The molecule has 1 N–H and O–H groups in total. The number of hydrogen-bond donors (Lipinski definition) is 1. The molecule has 0 aromatic carbocycles. The van der Waals surface area contributed by atoms with E-state index in [0.29, 0.717) is 0 Å². The topological polar surface area (TPSA) is 76.1 Å². The molecule has 1 saturated heterocycles. The van der Waals surface area contributed by atoms with Gasteiger partial charge in [-0.05, 0) is 6.92 Å². The van der Waals surface area contributed by atoms with Crippen molar-refractivity contribution in [2.75, 3.05) is 13.2 Å². The number of epoxide rings is 1. The standard InChI is InChI=1S/C6H9F3O5S/c1-5(3-13-5)4(10)2-14-15(11,12)6(7,8)9/h4,10H,2-3H2,1H3/t4-,5?/m1/s1. The third-order valence-electron chi connectivity index (χ3n) is 1.97. The highest BCUT2D eigenvalue weighted by Gasteiger charge is 2.51. The van der Waals surface area contributed by atoms with E-state index in [-0.39, 0.29) is 6.61 Å². The third-order valence-corrected chi connectivity index (χ3v) is 2.98. The first kappa shape index (κ1) is 12.7. The van der Waals surface area contributed by atoms with E-state index in [0.717, 1.165) is 0 Å². The predicted molar refractivity (Wildman–Crippen MR) is 41.3 cm³/mol. The maximum Gasteiger partial charge on any atom is 0.523 e. The molecule has 1 aliphatic rings. The highest BCUT2D eigenvalue weighted by Crippen LogP contribution is 2.31. The van der Waals surface area contributed by atoms with E-state index in [2.05, 4.69) is 4.18 Å². The summed E-state index contributed by atoms with van der Waals surface area (Å²) in [5.41, 5.74) is -6.47. The lowest BCUT2D eigenvalue weighted by Gasteiger charge is -2.15. The number of alkyl halides is 3. The quantitative estimate of drug-likeness (QED) is 0.432. The molecule has 15 heavy (non-hydrogen) atoms. The van der Waals surface area contributed by atoms with Gasteiger partial charge in [0.1, 0.15) is 11.7 Å². The first-order valence-electron chi connectivity index (χ1n) is 3.86. The fourth-order valence-corrected chi connectivity index (χ4v) is 1.15. The Hall–Kier alpha value is -0.380. The van der Waals surface area contributed by atoms with Gasteiger partial charge in [-0.15, -0.1) is 0 Å². The average Bonchev–Trinajstić information content (AvgIpc) is 2.79. The van der Waals surface area contributed by atoms with Gasteiger partial charge in [-0.2, -0.15) is 21.6 Å². The van der Waals surface area contributed by atoms with Crippen LogP contribution in [-0.4, -0.2) is 44.0 Å². The van der Waals surface area contributed by atoms with E-state index in [1.54, 1.807) is 0 Å². The van der Waals surface area contributed by atoms with Crippen molar-refractivity contribution in [1.29, 1.82) is 0 Å². The highest BCUT2D eigenvalue weighted by atomic mass is 32.2. The number of aliphatic hydroxyl groups excluding tert-OH is 1. The van der Waals surface area contributed by atoms with Gasteiger partial charge in [0, 0.05) is 0 Å². The molecule has 0 aromatic heterocycles. The highest BCUT2D eigenvalue weighted by molar-refractivity contribution is 7.87. The molecular weight excluding hydrogens is 241 g/mol. The van der Waals surface area contributed by atoms with Gasteiger partial charge >= 0.3 is 15.6 Å². The maximum atomic E-state index is 11.8. The molecule has 0 radical (unpaired) electrons. The van der Waals surface area contributed by atoms with Crippen molar-refractivity contribution < 1.29 is 35.6 Å². The van der Waals surface area contributed by atoms with Gasteiger partial charge < -0.3 is 9.84 Å². The Balaban J connectivity index is 2.50. The summed E-state index contributed by atoms with van der Waals surface area (Å²) in [5.74, 6) is 0. The van der Waals surface area contributed by atoms with Crippen molar-refractivity contribution in [2.24, 2.45) is 0 Å². The molecule has 1 fully saturated rings. The number of halogens is 3.